The van der Waals surface area contributed by atoms with Crippen molar-refractivity contribution < 1.29 is 13.9 Å². The van der Waals surface area contributed by atoms with Gasteiger partial charge in [0.1, 0.15) is 11.4 Å². The lowest BCUT2D eigenvalue weighted by Gasteiger charge is -2.29. The van der Waals surface area contributed by atoms with Gasteiger partial charge in [0.05, 0.1) is 11.4 Å². The number of hydrogen-bond donors (Lipinski definition) is 1. The highest BCUT2D eigenvalue weighted by Crippen LogP contribution is 2.26. The maximum absolute atomic E-state index is 13.9. The van der Waals surface area contributed by atoms with E-state index in [1.54, 1.807) is 31.2 Å². The topological polar surface area (TPSA) is 38.3 Å². The third-order valence-electron chi connectivity index (χ3n) is 3.23. The predicted molar refractivity (Wildman–Crippen MR) is 77.4 cm³/mol. The fraction of sp³-hybridized carbons (Fsp3) is 0.267. The zero-order valence-corrected chi connectivity index (χ0v) is 12.2. The molecule has 2 rings (SSSR count). The number of carbonyl (C=O) groups is 1. The van der Waals surface area contributed by atoms with Crippen LogP contribution in [-0.2, 0) is 10.3 Å². The van der Waals surface area contributed by atoms with Crippen LogP contribution in [0.1, 0.15) is 22.2 Å². The summed E-state index contributed by atoms with van der Waals surface area (Å²) >= 11 is 1.36. The number of carbonyl (C=O) groups excluding carboxylic acids is 1. The van der Waals surface area contributed by atoms with Gasteiger partial charge in [0.2, 0.25) is 0 Å². The molecule has 3 nitrogen and oxygen atoms in total. The lowest BCUT2D eigenvalue weighted by molar-refractivity contribution is 0.000423. The molecule has 5 heteroatoms. The number of methoxy groups -OCH3 is 1. The molecular formula is C15H16FNO2S. The minimum Gasteiger partial charge on any atom is -0.372 e. The highest BCUT2D eigenvalue weighted by atomic mass is 32.1. The van der Waals surface area contributed by atoms with Gasteiger partial charge in [-0.05, 0) is 24.4 Å². The first-order valence-corrected chi connectivity index (χ1v) is 7.06. The fourth-order valence-electron chi connectivity index (χ4n) is 1.91. The third-order valence-corrected chi connectivity index (χ3v) is 4.09. The molecule has 0 spiro atoms. The molecule has 1 amide bonds. The summed E-state index contributed by atoms with van der Waals surface area (Å²) in [6.07, 6.45) is 0. The molecular weight excluding hydrogens is 277 g/mol. The Labute approximate surface area is 121 Å². The Morgan fingerprint density at radius 3 is 2.70 bits per heavy atom. The first-order valence-electron chi connectivity index (χ1n) is 6.19. The zero-order chi connectivity index (χ0) is 14.6. The number of nitrogens with one attached hydrogen (secondary N) is 1. The van der Waals surface area contributed by atoms with Crippen LogP contribution in [0.5, 0.6) is 0 Å². The Balaban J connectivity index is 2.12. The second-order valence-electron chi connectivity index (χ2n) is 4.57. The standard InChI is InChI=1S/C15H16FNO2S/c1-15(19-2,11-6-3-4-7-12(11)16)10-17-14(18)13-8-5-9-20-13/h3-9H,10H2,1-2H3,(H,17,18)/t15-/m1/s1. The first-order chi connectivity index (χ1) is 9.57. The van der Waals surface area contributed by atoms with E-state index >= 15 is 0 Å². The van der Waals surface area contributed by atoms with Crippen LogP contribution in [0.15, 0.2) is 41.8 Å². The minimum atomic E-state index is -0.905. The number of thiophene rings is 1. The molecule has 0 fully saturated rings. The lowest BCUT2D eigenvalue weighted by atomic mass is 9.95. The van der Waals surface area contributed by atoms with Crippen LogP contribution < -0.4 is 5.32 Å². The number of benzene rings is 1. The maximum Gasteiger partial charge on any atom is 0.261 e. The van der Waals surface area contributed by atoms with E-state index in [4.69, 9.17) is 4.74 Å². The van der Waals surface area contributed by atoms with Crippen molar-refractivity contribution in [1.29, 1.82) is 0 Å². The van der Waals surface area contributed by atoms with Crippen LogP contribution in [0.4, 0.5) is 4.39 Å². The van der Waals surface area contributed by atoms with Crippen LogP contribution in [0.25, 0.3) is 0 Å². The van der Waals surface area contributed by atoms with E-state index in [2.05, 4.69) is 5.32 Å². The molecule has 0 bridgehead atoms. The van der Waals surface area contributed by atoms with E-state index in [1.807, 2.05) is 11.4 Å². The van der Waals surface area contributed by atoms with Crippen molar-refractivity contribution in [3.05, 3.63) is 58.0 Å². The van der Waals surface area contributed by atoms with Gasteiger partial charge in [-0.1, -0.05) is 24.3 Å². The molecule has 0 saturated carbocycles. The summed E-state index contributed by atoms with van der Waals surface area (Å²) in [4.78, 5) is 12.6. The summed E-state index contributed by atoms with van der Waals surface area (Å²) in [6, 6.07) is 9.97. The fourth-order valence-corrected chi connectivity index (χ4v) is 2.55. The largest absolute Gasteiger partial charge is 0.372 e. The van der Waals surface area contributed by atoms with E-state index in [1.165, 1.54) is 24.5 Å². The number of amides is 1. The molecule has 1 aromatic carbocycles. The highest BCUT2D eigenvalue weighted by Gasteiger charge is 2.29. The van der Waals surface area contributed by atoms with Crippen LogP contribution in [-0.4, -0.2) is 19.6 Å². The zero-order valence-electron chi connectivity index (χ0n) is 11.4. The predicted octanol–water partition coefficient (Wildman–Crippen LogP) is 3.18. The Hall–Kier alpha value is -1.72. The summed E-state index contributed by atoms with van der Waals surface area (Å²) in [5.41, 5.74) is -0.480. The molecule has 0 saturated heterocycles. The summed E-state index contributed by atoms with van der Waals surface area (Å²) in [7, 11) is 1.50. The van der Waals surface area contributed by atoms with E-state index in [0.29, 0.717) is 10.4 Å². The lowest BCUT2D eigenvalue weighted by Crippen LogP contribution is -2.40. The normalized spacial score (nSPS) is 13.8. The van der Waals surface area contributed by atoms with Crippen molar-refractivity contribution in [2.24, 2.45) is 0 Å². The van der Waals surface area contributed by atoms with Crippen molar-refractivity contribution in [2.75, 3.05) is 13.7 Å². The summed E-state index contributed by atoms with van der Waals surface area (Å²) < 4.78 is 19.3. The molecule has 2 aromatic rings. The van der Waals surface area contributed by atoms with Gasteiger partial charge in [0.25, 0.3) is 5.91 Å². The van der Waals surface area contributed by atoms with Crippen LogP contribution in [0, 0.1) is 5.82 Å². The van der Waals surface area contributed by atoms with Gasteiger partial charge < -0.3 is 10.1 Å². The van der Waals surface area contributed by atoms with Crippen LogP contribution >= 0.6 is 11.3 Å². The Bertz CT molecular complexity index is 585. The smallest absolute Gasteiger partial charge is 0.261 e. The Kier molecular flexibility index (Phi) is 4.52. The quantitative estimate of drug-likeness (QED) is 0.919. The minimum absolute atomic E-state index is 0.181. The molecule has 0 unspecified atom stereocenters. The molecule has 106 valence electrons. The number of hydrogen-bond acceptors (Lipinski definition) is 3. The van der Waals surface area contributed by atoms with E-state index in [9.17, 15) is 9.18 Å². The SMILES string of the molecule is CO[C@](C)(CNC(=O)c1cccs1)c1ccccc1F. The molecule has 1 atom stereocenters. The van der Waals surface area contributed by atoms with Crippen molar-refractivity contribution in [1.82, 2.24) is 5.32 Å². The van der Waals surface area contributed by atoms with Gasteiger partial charge in [-0.25, -0.2) is 4.39 Å². The second-order valence-corrected chi connectivity index (χ2v) is 5.52. The molecule has 1 aromatic heterocycles. The van der Waals surface area contributed by atoms with E-state index < -0.39 is 5.60 Å². The average Bonchev–Trinajstić information content (AvgIpc) is 2.99. The van der Waals surface area contributed by atoms with Gasteiger partial charge in [-0.2, -0.15) is 0 Å². The van der Waals surface area contributed by atoms with Crippen molar-refractivity contribution in [3.63, 3.8) is 0 Å². The second kappa shape index (κ2) is 6.15. The summed E-state index contributed by atoms with van der Waals surface area (Å²) in [5, 5.41) is 4.62. The molecule has 0 radical (unpaired) electrons. The Morgan fingerprint density at radius 2 is 2.10 bits per heavy atom. The number of rotatable bonds is 5. The summed E-state index contributed by atoms with van der Waals surface area (Å²) in [6.45, 7) is 1.95. The van der Waals surface area contributed by atoms with Gasteiger partial charge in [0, 0.05) is 12.7 Å². The summed E-state index contributed by atoms with van der Waals surface area (Å²) in [5.74, 6) is -0.526. The number of halogens is 1. The highest BCUT2D eigenvalue weighted by molar-refractivity contribution is 7.12. The first kappa shape index (κ1) is 14.7. The van der Waals surface area contributed by atoms with Gasteiger partial charge >= 0.3 is 0 Å². The van der Waals surface area contributed by atoms with E-state index in [-0.39, 0.29) is 18.3 Å². The van der Waals surface area contributed by atoms with Gasteiger partial charge in [-0.15, -0.1) is 11.3 Å². The Morgan fingerprint density at radius 1 is 1.35 bits per heavy atom. The van der Waals surface area contributed by atoms with Crippen LogP contribution in [0.2, 0.25) is 0 Å². The van der Waals surface area contributed by atoms with Crippen LogP contribution in [0.3, 0.4) is 0 Å². The third kappa shape index (κ3) is 3.05. The molecule has 1 heterocycles. The molecule has 0 aliphatic rings. The molecule has 20 heavy (non-hydrogen) atoms. The van der Waals surface area contributed by atoms with Crippen molar-refractivity contribution in [2.45, 2.75) is 12.5 Å². The monoisotopic (exact) mass is 293 g/mol. The van der Waals surface area contributed by atoms with Gasteiger partial charge in [-0.3, -0.25) is 4.79 Å². The van der Waals surface area contributed by atoms with E-state index in [0.717, 1.165) is 0 Å². The molecule has 0 aliphatic heterocycles. The number of ether oxygens (including phenoxy) is 1. The average molecular weight is 293 g/mol. The van der Waals surface area contributed by atoms with Crippen molar-refractivity contribution >= 4 is 17.2 Å². The maximum atomic E-state index is 13.9. The molecule has 1 N–H and O–H groups in total. The van der Waals surface area contributed by atoms with Crippen molar-refractivity contribution in [3.8, 4) is 0 Å². The molecule has 0 aliphatic carbocycles. The van der Waals surface area contributed by atoms with Gasteiger partial charge in [0.15, 0.2) is 0 Å².